The van der Waals surface area contributed by atoms with Gasteiger partial charge in [0.1, 0.15) is 0 Å². The van der Waals surface area contributed by atoms with E-state index in [0.717, 1.165) is 24.8 Å². The zero-order valence-corrected chi connectivity index (χ0v) is 20.4. The van der Waals surface area contributed by atoms with Crippen molar-refractivity contribution in [1.29, 1.82) is 0 Å². The Morgan fingerprint density at radius 1 is 0.971 bits per heavy atom. The van der Waals surface area contributed by atoms with Crippen LogP contribution in [0.2, 0.25) is 0 Å². The second-order valence-corrected chi connectivity index (χ2v) is 11.3. The molecule has 1 aliphatic carbocycles. The van der Waals surface area contributed by atoms with E-state index < -0.39 is 15.6 Å². The number of carbonyl (C=O) groups is 2. The fourth-order valence-electron chi connectivity index (χ4n) is 5.82. The standard InChI is InChI=1S/C26H33N3O4S/c1-34(32,33)29-23(17-24(30)27-18-20-9-4-2-5-10-20)14-16-26(29)15-8-13-22(26)19-28-25(31)21-11-6-3-7-12-21/h2-7,9-12,22-23H,8,13-19H2,1H3,(H,27,30)(H,28,31)/t22-,23?,26?/m0/s1. The zero-order chi connectivity index (χ0) is 24.2. The van der Waals surface area contributed by atoms with Gasteiger partial charge < -0.3 is 10.6 Å². The maximum absolute atomic E-state index is 13.0. The smallest absolute Gasteiger partial charge is 0.251 e. The predicted octanol–water partition coefficient (Wildman–Crippen LogP) is 3.09. The van der Waals surface area contributed by atoms with Crippen LogP contribution in [-0.2, 0) is 21.4 Å². The van der Waals surface area contributed by atoms with Gasteiger partial charge in [0.05, 0.1) is 6.26 Å². The Labute approximate surface area is 202 Å². The number of benzene rings is 2. The Balaban J connectivity index is 1.44. The van der Waals surface area contributed by atoms with Gasteiger partial charge in [0, 0.05) is 36.7 Å². The molecule has 4 rings (SSSR count). The van der Waals surface area contributed by atoms with Gasteiger partial charge in [0.2, 0.25) is 15.9 Å². The van der Waals surface area contributed by atoms with Crippen molar-refractivity contribution in [2.75, 3.05) is 12.8 Å². The Bertz CT molecular complexity index is 1110. The number of nitrogens with one attached hydrogen (secondary N) is 2. The van der Waals surface area contributed by atoms with Crippen molar-refractivity contribution in [2.45, 2.75) is 56.7 Å². The quantitative estimate of drug-likeness (QED) is 0.603. The molecule has 1 saturated heterocycles. The largest absolute Gasteiger partial charge is 0.352 e. The van der Waals surface area contributed by atoms with Crippen molar-refractivity contribution in [3.05, 3.63) is 71.8 Å². The predicted molar refractivity (Wildman–Crippen MR) is 131 cm³/mol. The highest BCUT2D eigenvalue weighted by molar-refractivity contribution is 7.88. The van der Waals surface area contributed by atoms with E-state index in [1.165, 1.54) is 6.26 Å². The van der Waals surface area contributed by atoms with Crippen molar-refractivity contribution >= 4 is 21.8 Å². The van der Waals surface area contributed by atoms with E-state index in [9.17, 15) is 18.0 Å². The highest BCUT2D eigenvalue weighted by Gasteiger charge is 2.56. The third-order valence-electron chi connectivity index (χ3n) is 7.26. The maximum Gasteiger partial charge on any atom is 0.251 e. The van der Waals surface area contributed by atoms with Crippen LogP contribution in [0, 0.1) is 5.92 Å². The van der Waals surface area contributed by atoms with Crippen LogP contribution in [0.4, 0.5) is 0 Å². The lowest BCUT2D eigenvalue weighted by Gasteiger charge is -2.41. The third kappa shape index (κ3) is 5.33. The van der Waals surface area contributed by atoms with Crippen molar-refractivity contribution in [2.24, 2.45) is 5.92 Å². The molecule has 1 heterocycles. The van der Waals surface area contributed by atoms with E-state index >= 15 is 0 Å². The molecule has 2 N–H and O–H groups in total. The Kier molecular flexibility index (Phi) is 7.38. The lowest BCUT2D eigenvalue weighted by atomic mass is 9.85. The molecule has 0 aromatic heterocycles. The molecule has 2 aliphatic rings. The van der Waals surface area contributed by atoms with Gasteiger partial charge in [-0.1, -0.05) is 55.0 Å². The number of hydrogen-bond acceptors (Lipinski definition) is 4. The van der Waals surface area contributed by atoms with E-state index in [0.29, 0.717) is 31.5 Å². The van der Waals surface area contributed by atoms with E-state index in [4.69, 9.17) is 0 Å². The molecule has 2 unspecified atom stereocenters. The van der Waals surface area contributed by atoms with Gasteiger partial charge in [-0.2, -0.15) is 4.31 Å². The molecule has 2 fully saturated rings. The number of sulfonamides is 1. The number of carbonyl (C=O) groups excluding carboxylic acids is 2. The molecule has 1 aliphatic heterocycles. The highest BCUT2D eigenvalue weighted by Crippen LogP contribution is 2.51. The van der Waals surface area contributed by atoms with Gasteiger partial charge >= 0.3 is 0 Å². The van der Waals surface area contributed by atoms with E-state index in [-0.39, 0.29) is 30.2 Å². The van der Waals surface area contributed by atoms with Crippen molar-refractivity contribution in [1.82, 2.24) is 14.9 Å². The Morgan fingerprint density at radius 3 is 2.32 bits per heavy atom. The first-order chi connectivity index (χ1) is 16.3. The van der Waals surface area contributed by atoms with Crippen molar-refractivity contribution < 1.29 is 18.0 Å². The second kappa shape index (κ2) is 10.3. The van der Waals surface area contributed by atoms with Gasteiger partial charge in [0.15, 0.2) is 0 Å². The molecule has 7 nitrogen and oxygen atoms in total. The van der Waals surface area contributed by atoms with E-state index in [1.54, 1.807) is 16.4 Å². The summed E-state index contributed by atoms with van der Waals surface area (Å²) < 4.78 is 27.6. The van der Waals surface area contributed by atoms with Crippen LogP contribution in [0.3, 0.4) is 0 Å². The molecular weight excluding hydrogens is 450 g/mol. The Morgan fingerprint density at radius 2 is 1.65 bits per heavy atom. The maximum atomic E-state index is 13.0. The summed E-state index contributed by atoms with van der Waals surface area (Å²) in [5, 5.41) is 5.95. The molecule has 0 bridgehead atoms. The summed E-state index contributed by atoms with van der Waals surface area (Å²) in [4.78, 5) is 25.3. The first-order valence-electron chi connectivity index (χ1n) is 11.9. The summed E-state index contributed by atoms with van der Waals surface area (Å²) in [6.45, 7) is 0.844. The summed E-state index contributed by atoms with van der Waals surface area (Å²) in [5.41, 5.74) is 1.06. The van der Waals surface area contributed by atoms with Gasteiger partial charge in [-0.25, -0.2) is 8.42 Å². The zero-order valence-electron chi connectivity index (χ0n) is 19.6. The van der Waals surface area contributed by atoms with Crippen LogP contribution in [0.1, 0.15) is 54.4 Å². The minimum atomic E-state index is -3.54. The summed E-state index contributed by atoms with van der Waals surface area (Å²) in [7, 11) is -3.54. The summed E-state index contributed by atoms with van der Waals surface area (Å²) >= 11 is 0. The van der Waals surface area contributed by atoms with Crippen LogP contribution < -0.4 is 10.6 Å². The number of hydrogen-bond donors (Lipinski definition) is 2. The average Bonchev–Trinajstić information content (AvgIpc) is 3.40. The van der Waals surface area contributed by atoms with Crippen LogP contribution >= 0.6 is 0 Å². The van der Waals surface area contributed by atoms with Crippen molar-refractivity contribution in [3.63, 3.8) is 0 Å². The van der Waals surface area contributed by atoms with Crippen LogP contribution in [-0.4, -0.2) is 48.9 Å². The summed E-state index contributed by atoms with van der Waals surface area (Å²) in [5.74, 6) is -0.276. The molecule has 2 aromatic carbocycles. The summed E-state index contributed by atoms with van der Waals surface area (Å²) in [6.07, 6.45) is 5.27. The number of amides is 2. The van der Waals surface area contributed by atoms with Crippen LogP contribution in [0.15, 0.2) is 60.7 Å². The van der Waals surface area contributed by atoms with Crippen LogP contribution in [0.5, 0.6) is 0 Å². The first-order valence-corrected chi connectivity index (χ1v) is 13.8. The Hall–Kier alpha value is -2.71. The molecular formula is C26H33N3O4S. The van der Waals surface area contributed by atoms with Crippen molar-refractivity contribution in [3.8, 4) is 0 Å². The molecule has 34 heavy (non-hydrogen) atoms. The fraction of sp³-hybridized carbons (Fsp3) is 0.462. The normalized spacial score (nSPS) is 24.9. The molecule has 1 spiro atoms. The highest BCUT2D eigenvalue weighted by atomic mass is 32.2. The lowest BCUT2D eigenvalue weighted by Crippen LogP contribution is -2.55. The fourth-order valence-corrected chi connectivity index (χ4v) is 7.54. The lowest BCUT2D eigenvalue weighted by molar-refractivity contribution is -0.122. The van der Waals surface area contributed by atoms with Gasteiger partial charge in [0.25, 0.3) is 5.91 Å². The SMILES string of the molecule is CS(=O)(=O)N1C(CC(=O)NCc2ccccc2)CCC12CCC[C@H]2CNC(=O)c1ccccc1. The number of nitrogens with zero attached hydrogens (tertiary/aromatic N) is 1. The van der Waals surface area contributed by atoms with Gasteiger partial charge in [-0.15, -0.1) is 0 Å². The minimum absolute atomic E-state index is 0.0206. The topological polar surface area (TPSA) is 95.6 Å². The van der Waals surface area contributed by atoms with Gasteiger partial charge in [-0.05, 0) is 49.3 Å². The van der Waals surface area contributed by atoms with E-state index in [2.05, 4.69) is 10.6 Å². The number of rotatable bonds is 8. The minimum Gasteiger partial charge on any atom is -0.352 e. The molecule has 0 radical (unpaired) electrons. The van der Waals surface area contributed by atoms with Crippen LogP contribution in [0.25, 0.3) is 0 Å². The molecule has 8 heteroatoms. The monoisotopic (exact) mass is 483 g/mol. The molecule has 3 atom stereocenters. The summed E-state index contributed by atoms with van der Waals surface area (Å²) in [6, 6.07) is 18.3. The molecule has 2 amide bonds. The first kappa shape index (κ1) is 24.4. The molecule has 1 saturated carbocycles. The second-order valence-electron chi connectivity index (χ2n) is 9.49. The van der Waals surface area contributed by atoms with Gasteiger partial charge in [-0.3, -0.25) is 9.59 Å². The third-order valence-corrected chi connectivity index (χ3v) is 8.64. The molecule has 2 aromatic rings. The average molecular weight is 484 g/mol. The van der Waals surface area contributed by atoms with E-state index in [1.807, 2.05) is 48.5 Å². The molecule has 182 valence electrons.